The molecule has 3 N–H and O–H groups in total. The van der Waals surface area contributed by atoms with Gasteiger partial charge in [0.15, 0.2) is 0 Å². The SMILES string of the molecule is CC(O)(CCN)Cc1cccc2ccccc12. The van der Waals surface area contributed by atoms with Crippen LogP contribution in [0.5, 0.6) is 0 Å². The topological polar surface area (TPSA) is 46.2 Å². The third-order valence-electron chi connectivity index (χ3n) is 3.13. The van der Waals surface area contributed by atoms with E-state index in [1.54, 1.807) is 0 Å². The molecule has 1 atom stereocenters. The molecule has 0 fully saturated rings. The van der Waals surface area contributed by atoms with Crippen LogP contribution in [-0.4, -0.2) is 17.3 Å². The third kappa shape index (κ3) is 2.84. The van der Waals surface area contributed by atoms with Crippen LogP contribution in [0.2, 0.25) is 0 Å². The molecular formula is C15H19NO. The first-order valence-electron chi connectivity index (χ1n) is 6.01. The molecule has 0 aromatic heterocycles. The zero-order chi connectivity index (χ0) is 12.3. The van der Waals surface area contributed by atoms with Crippen LogP contribution < -0.4 is 5.73 Å². The fourth-order valence-electron chi connectivity index (χ4n) is 2.26. The smallest absolute Gasteiger partial charge is 0.0672 e. The van der Waals surface area contributed by atoms with Crippen LogP contribution in [0.1, 0.15) is 18.9 Å². The summed E-state index contributed by atoms with van der Waals surface area (Å²) < 4.78 is 0. The van der Waals surface area contributed by atoms with Crippen molar-refractivity contribution >= 4 is 10.8 Å². The Balaban J connectivity index is 2.36. The molecule has 90 valence electrons. The standard InChI is InChI=1S/C15H19NO/c1-15(17,9-10-16)11-13-7-4-6-12-5-2-3-8-14(12)13/h2-8,17H,9-11,16H2,1H3. The first-order valence-corrected chi connectivity index (χ1v) is 6.01. The van der Waals surface area contributed by atoms with Gasteiger partial charge in [-0.05, 0) is 36.2 Å². The number of hydrogen-bond donors (Lipinski definition) is 2. The second-order valence-electron chi connectivity index (χ2n) is 4.85. The number of nitrogens with two attached hydrogens (primary N) is 1. The predicted octanol–water partition coefficient (Wildman–Crippen LogP) is 2.48. The molecule has 0 saturated carbocycles. The van der Waals surface area contributed by atoms with Crippen LogP contribution in [0.15, 0.2) is 42.5 Å². The molecule has 2 aromatic rings. The van der Waals surface area contributed by atoms with E-state index < -0.39 is 5.60 Å². The molecule has 2 rings (SSSR count). The van der Waals surface area contributed by atoms with Gasteiger partial charge in [0.05, 0.1) is 5.60 Å². The van der Waals surface area contributed by atoms with Gasteiger partial charge >= 0.3 is 0 Å². The second-order valence-corrected chi connectivity index (χ2v) is 4.85. The highest BCUT2D eigenvalue weighted by atomic mass is 16.3. The Bertz CT molecular complexity index is 500. The molecule has 0 saturated heterocycles. The summed E-state index contributed by atoms with van der Waals surface area (Å²) in [6, 6.07) is 14.5. The van der Waals surface area contributed by atoms with Crippen molar-refractivity contribution in [1.82, 2.24) is 0 Å². The average Bonchev–Trinajstić information content (AvgIpc) is 2.29. The van der Waals surface area contributed by atoms with E-state index in [0.29, 0.717) is 19.4 Å². The fourth-order valence-corrected chi connectivity index (χ4v) is 2.26. The Hall–Kier alpha value is -1.38. The summed E-state index contributed by atoms with van der Waals surface area (Å²) in [5.74, 6) is 0. The summed E-state index contributed by atoms with van der Waals surface area (Å²) in [5.41, 5.74) is 5.98. The summed E-state index contributed by atoms with van der Waals surface area (Å²) in [6.07, 6.45) is 1.27. The van der Waals surface area contributed by atoms with E-state index in [1.165, 1.54) is 16.3 Å². The molecule has 0 aliphatic rings. The van der Waals surface area contributed by atoms with Crippen LogP contribution in [0, 0.1) is 0 Å². The van der Waals surface area contributed by atoms with Gasteiger partial charge in [-0.15, -0.1) is 0 Å². The highest BCUT2D eigenvalue weighted by molar-refractivity contribution is 5.85. The van der Waals surface area contributed by atoms with Crippen molar-refractivity contribution < 1.29 is 5.11 Å². The number of aliphatic hydroxyl groups is 1. The lowest BCUT2D eigenvalue weighted by atomic mass is 9.90. The Morgan fingerprint density at radius 3 is 2.59 bits per heavy atom. The second kappa shape index (κ2) is 4.86. The van der Waals surface area contributed by atoms with Gasteiger partial charge in [0, 0.05) is 6.42 Å². The molecule has 0 spiro atoms. The van der Waals surface area contributed by atoms with Gasteiger partial charge in [0.25, 0.3) is 0 Å². The van der Waals surface area contributed by atoms with Crippen LogP contribution in [0.3, 0.4) is 0 Å². The monoisotopic (exact) mass is 229 g/mol. The lowest BCUT2D eigenvalue weighted by molar-refractivity contribution is 0.0542. The molecule has 0 aliphatic heterocycles. The predicted molar refractivity (Wildman–Crippen MR) is 71.9 cm³/mol. The minimum atomic E-state index is -0.723. The van der Waals surface area contributed by atoms with E-state index in [1.807, 2.05) is 25.1 Å². The van der Waals surface area contributed by atoms with Crippen LogP contribution >= 0.6 is 0 Å². The first kappa shape index (κ1) is 12.1. The highest BCUT2D eigenvalue weighted by Crippen LogP contribution is 2.23. The van der Waals surface area contributed by atoms with Crippen molar-refractivity contribution in [2.24, 2.45) is 5.73 Å². The van der Waals surface area contributed by atoms with E-state index in [-0.39, 0.29) is 0 Å². The lowest BCUT2D eigenvalue weighted by Crippen LogP contribution is -2.30. The van der Waals surface area contributed by atoms with Gasteiger partial charge < -0.3 is 10.8 Å². The quantitative estimate of drug-likeness (QED) is 0.846. The zero-order valence-electron chi connectivity index (χ0n) is 10.2. The molecule has 2 aromatic carbocycles. The molecular weight excluding hydrogens is 210 g/mol. The van der Waals surface area contributed by atoms with Gasteiger partial charge in [0.1, 0.15) is 0 Å². The van der Waals surface area contributed by atoms with Crippen molar-refractivity contribution in [3.8, 4) is 0 Å². The summed E-state index contributed by atoms with van der Waals surface area (Å²) in [6.45, 7) is 2.36. The van der Waals surface area contributed by atoms with E-state index >= 15 is 0 Å². The molecule has 0 radical (unpaired) electrons. The van der Waals surface area contributed by atoms with Crippen LogP contribution in [0.4, 0.5) is 0 Å². The molecule has 2 nitrogen and oxygen atoms in total. The molecule has 0 heterocycles. The average molecular weight is 229 g/mol. The molecule has 0 bridgehead atoms. The van der Waals surface area contributed by atoms with Gasteiger partial charge in [-0.2, -0.15) is 0 Å². The van der Waals surface area contributed by atoms with Crippen molar-refractivity contribution in [2.75, 3.05) is 6.54 Å². The maximum atomic E-state index is 10.2. The van der Waals surface area contributed by atoms with Gasteiger partial charge in [-0.1, -0.05) is 42.5 Å². The Morgan fingerprint density at radius 2 is 1.82 bits per heavy atom. The minimum absolute atomic E-state index is 0.512. The molecule has 17 heavy (non-hydrogen) atoms. The van der Waals surface area contributed by atoms with Crippen LogP contribution in [-0.2, 0) is 6.42 Å². The van der Waals surface area contributed by atoms with E-state index in [0.717, 1.165) is 0 Å². The van der Waals surface area contributed by atoms with E-state index in [9.17, 15) is 5.11 Å². The Kier molecular flexibility index (Phi) is 3.46. The maximum absolute atomic E-state index is 10.2. The number of hydrogen-bond acceptors (Lipinski definition) is 2. The van der Waals surface area contributed by atoms with Crippen molar-refractivity contribution in [1.29, 1.82) is 0 Å². The number of rotatable bonds is 4. The molecule has 1 unspecified atom stereocenters. The van der Waals surface area contributed by atoms with Gasteiger partial charge in [-0.3, -0.25) is 0 Å². The summed E-state index contributed by atoms with van der Waals surface area (Å²) >= 11 is 0. The van der Waals surface area contributed by atoms with Crippen LogP contribution in [0.25, 0.3) is 10.8 Å². The summed E-state index contributed by atoms with van der Waals surface area (Å²) in [5, 5.41) is 12.7. The molecule has 0 aliphatic carbocycles. The number of benzene rings is 2. The first-order chi connectivity index (χ1) is 8.12. The Morgan fingerprint density at radius 1 is 1.12 bits per heavy atom. The maximum Gasteiger partial charge on any atom is 0.0672 e. The van der Waals surface area contributed by atoms with Crippen molar-refractivity contribution in [3.05, 3.63) is 48.0 Å². The molecule has 2 heteroatoms. The zero-order valence-corrected chi connectivity index (χ0v) is 10.2. The van der Waals surface area contributed by atoms with Gasteiger partial charge in [-0.25, -0.2) is 0 Å². The lowest BCUT2D eigenvalue weighted by Gasteiger charge is -2.23. The van der Waals surface area contributed by atoms with Crippen molar-refractivity contribution in [3.63, 3.8) is 0 Å². The largest absolute Gasteiger partial charge is 0.390 e. The normalized spacial score (nSPS) is 14.8. The van der Waals surface area contributed by atoms with Crippen molar-refractivity contribution in [2.45, 2.75) is 25.4 Å². The Labute approximate surface area is 102 Å². The van der Waals surface area contributed by atoms with Gasteiger partial charge in [0.2, 0.25) is 0 Å². The minimum Gasteiger partial charge on any atom is -0.390 e. The summed E-state index contributed by atoms with van der Waals surface area (Å²) in [7, 11) is 0. The third-order valence-corrected chi connectivity index (χ3v) is 3.13. The van der Waals surface area contributed by atoms with E-state index in [2.05, 4.69) is 24.3 Å². The molecule has 0 amide bonds. The summed E-state index contributed by atoms with van der Waals surface area (Å²) in [4.78, 5) is 0. The highest BCUT2D eigenvalue weighted by Gasteiger charge is 2.20. The van der Waals surface area contributed by atoms with E-state index in [4.69, 9.17) is 5.73 Å². The fraction of sp³-hybridized carbons (Fsp3) is 0.333. The number of fused-ring (bicyclic) bond motifs is 1.